The van der Waals surface area contributed by atoms with Crippen LogP contribution < -0.4 is 5.32 Å². The van der Waals surface area contributed by atoms with Crippen molar-refractivity contribution in [2.75, 3.05) is 0 Å². The molecule has 0 unspecified atom stereocenters. The van der Waals surface area contributed by atoms with Gasteiger partial charge in [-0.15, -0.1) is 0 Å². The number of carbonyl (C=O) groups is 1. The Hall–Kier alpha value is -2.42. The monoisotopic (exact) mass is 377 g/mol. The Morgan fingerprint density at radius 1 is 1.30 bits per heavy atom. The van der Waals surface area contributed by atoms with E-state index in [1.54, 1.807) is 34.0 Å². The number of aromatic nitrogens is 6. The van der Waals surface area contributed by atoms with Crippen molar-refractivity contribution in [3.05, 3.63) is 52.8 Å². The van der Waals surface area contributed by atoms with Gasteiger partial charge in [0.2, 0.25) is 0 Å². The molecule has 0 aromatic carbocycles. The highest BCUT2D eigenvalue weighted by Gasteiger charge is 2.12. The number of hydrogen-bond donors (Lipinski definition) is 1. The SMILES string of the molecule is CCn1ncc(Br)c1CNC(=O)c1ccn(Cn2cccn2)n1. The van der Waals surface area contributed by atoms with Crippen LogP contribution in [0, 0.1) is 0 Å². The lowest BCUT2D eigenvalue weighted by atomic mass is 10.3. The summed E-state index contributed by atoms with van der Waals surface area (Å²) in [6.45, 7) is 3.60. The first-order chi connectivity index (χ1) is 11.2. The number of amides is 1. The van der Waals surface area contributed by atoms with Gasteiger partial charge in [0.15, 0.2) is 0 Å². The quantitative estimate of drug-likeness (QED) is 0.705. The van der Waals surface area contributed by atoms with E-state index in [4.69, 9.17) is 0 Å². The van der Waals surface area contributed by atoms with Crippen LogP contribution >= 0.6 is 15.9 Å². The molecule has 0 saturated carbocycles. The van der Waals surface area contributed by atoms with E-state index in [1.807, 2.05) is 23.9 Å². The highest BCUT2D eigenvalue weighted by Crippen LogP contribution is 2.15. The molecule has 3 rings (SSSR count). The van der Waals surface area contributed by atoms with Crippen LogP contribution in [0.4, 0.5) is 0 Å². The molecule has 3 heterocycles. The maximum absolute atomic E-state index is 12.2. The molecule has 0 aliphatic rings. The molecule has 3 aromatic rings. The van der Waals surface area contributed by atoms with Crippen molar-refractivity contribution in [2.45, 2.75) is 26.7 Å². The van der Waals surface area contributed by atoms with Crippen LogP contribution in [-0.4, -0.2) is 35.2 Å². The summed E-state index contributed by atoms with van der Waals surface area (Å²) in [6, 6.07) is 3.52. The van der Waals surface area contributed by atoms with Gasteiger partial charge >= 0.3 is 0 Å². The summed E-state index contributed by atoms with van der Waals surface area (Å²) >= 11 is 3.44. The number of aryl methyl sites for hydroxylation is 1. The van der Waals surface area contributed by atoms with Crippen molar-refractivity contribution in [3.63, 3.8) is 0 Å². The Kier molecular flexibility index (Phi) is 4.56. The molecule has 0 aliphatic heterocycles. The normalized spacial score (nSPS) is 10.9. The molecule has 0 atom stereocenters. The minimum atomic E-state index is -0.222. The maximum atomic E-state index is 12.2. The van der Waals surface area contributed by atoms with E-state index in [-0.39, 0.29) is 5.91 Å². The van der Waals surface area contributed by atoms with E-state index in [9.17, 15) is 4.79 Å². The third kappa shape index (κ3) is 3.50. The summed E-state index contributed by atoms with van der Waals surface area (Å²) in [7, 11) is 0. The fourth-order valence-corrected chi connectivity index (χ4v) is 2.62. The molecule has 120 valence electrons. The highest BCUT2D eigenvalue weighted by molar-refractivity contribution is 9.10. The summed E-state index contributed by atoms with van der Waals surface area (Å²) in [5.41, 5.74) is 1.30. The molecule has 0 bridgehead atoms. The maximum Gasteiger partial charge on any atom is 0.272 e. The lowest BCUT2D eigenvalue weighted by Gasteiger charge is -2.07. The Morgan fingerprint density at radius 3 is 2.91 bits per heavy atom. The first kappa shape index (κ1) is 15.5. The van der Waals surface area contributed by atoms with Crippen LogP contribution in [0.15, 0.2) is 41.4 Å². The third-order valence-corrected chi connectivity index (χ3v) is 4.00. The summed E-state index contributed by atoms with van der Waals surface area (Å²) in [6.07, 6.45) is 7.02. The lowest BCUT2D eigenvalue weighted by Crippen LogP contribution is -2.25. The van der Waals surface area contributed by atoms with Gasteiger partial charge in [0, 0.05) is 25.1 Å². The van der Waals surface area contributed by atoms with Crippen molar-refractivity contribution in [1.29, 1.82) is 0 Å². The van der Waals surface area contributed by atoms with E-state index >= 15 is 0 Å². The summed E-state index contributed by atoms with van der Waals surface area (Å²) in [5, 5.41) is 15.4. The van der Waals surface area contributed by atoms with Crippen LogP contribution in [-0.2, 0) is 19.8 Å². The first-order valence-corrected chi connectivity index (χ1v) is 7.96. The van der Waals surface area contributed by atoms with Crippen molar-refractivity contribution >= 4 is 21.8 Å². The summed E-state index contributed by atoms with van der Waals surface area (Å²) in [5.74, 6) is -0.222. The van der Waals surface area contributed by atoms with Gasteiger partial charge in [0.1, 0.15) is 12.4 Å². The van der Waals surface area contributed by atoms with Crippen LogP contribution in [0.2, 0.25) is 0 Å². The van der Waals surface area contributed by atoms with Gasteiger partial charge in [0.25, 0.3) is 5.91 Å². The minimum Gasteiger partial charge on any atom is -0.345 e. The summed E-state index contributed by atoms with van der Waals surface area (Å²) in [4.78, 5) is 12.2. The van der Waals surface area contributed by atoms with Gasteiger partial charge in [-0.3, -0.25) is 18.8 Å². The molecular formula is C14H16BrN7O. The number of hydrogen-bond acceptors (Lipinski definition) is 4. The van der Waals surface area contributed by atoms with Gasteiger partial charge in [-0.25, -0.2) is 0 Å². The zero-order chi connectivity index (χ0) is 16.2. The Morgan fingerprint density at radius 2 is 2.17 bits per heavy atom. The number of rotatable bonds is 6. The zero-order valence-corrected chi connectivity index (χ0v) is 14.1. The van der Waals surface area contributed by atoms with Gasteiger partial charge in [-0.1, -0.05) is 0 Å². The molecule has 1 amide bonds. The number of halogens is 1. The zero-order valence-electron chi connectivity index (χ0n) is 12.6. The molecule has 0 radical (unpaired) electrons. The molecule has 0 spiro atoms. The van der Waals surface area contributed by atoms with Crippen molar-refractivity contribution in [2.24, 2.45) is 0 Å². The highest BCUT2D eigenvalue weighted by atomic mass is 79.9. The smallest absolute Gasteiger partial charge is 0.272 e. The molecular weight excluding hydrogens is 362 g/mol. The molecule has 0 fully saturated rings. The van der Waals surface area contributed by atoms with E-state index in [2.05, 4.69) is 36.5 Å². The fourth-order valence-electron chi connectivity index (χ4n) is 2.18. The van der Waals surface area contributed by atoms with Gasteiger partial charge in [0.05, 0.1) is 22.9 Å². The Bertz CT molecular complexity index is 790. The third-order valence-electron chi connectivity index (χ3n) is 3.34. The molecule has 3 aromatic heterocycles. The molecule has 0 saturated heterocycles. The fraction of sp³-hybridized carbons (Fsp3) is 0.286. The van der Waals surface area contributed by atoms with Crippen LogP contribution in [0.3, 0.4) is 0 Å². The van der Waals surface area contributed by atoms with E-state index in [0.29, 0.717) is 18.9 Å². The van der Waals surface area contributed by atoms with Crippen molar-refractivity contribution in [1.82, 2.24) is 34.7 Å². The molecule has 9 heteroatoms. The van der Waals surface area contributed by atoms with Gasteiger partial charge in [-0.2, -0.15) is 15.3 Å². The van der Waals surface area contributed by atoms with E-state index in [0.717, 1.165) is 16.7 Å². The minimum absolute atomic E-state index is 0.222. The van der Waals surface area contributed by atoms with E-state index in [1.165, 1.54) is 0 Å². The van der Waals surface area contributed by atoms with Crippen LogP contribution in [0.25, 0.3) is 0 Å². The second-order valence-corrected chi connectivity index (χ2v) is 5.72. The Labute approximate surface area is 141 Å². The second kappa shape index (κ2) is 6.78. The average Bonchev–Trinajstić information content (AvgIpc) is 3.27. The number of nitrogens with one attached hydrogen (secondary N) is 1. The lowest BCUT2D eigenvalue weighted by molar-refractivity contribution is 0.0944. The Balaban J connectivity index is 1.62. The standard InChI is InChI=1S/C14H16BrN7O/c1-2-22-13(11(15)8-18-22)9-16-14(23)12-4-7-21(19-12)10-20-6-3-5-17-20/h3-8H,2,9-10H2,1H3,(H,16,23). The molecule has 23 heavy (non-hydrogen) atoms. The van der Waals surface area contributed by atoms with Crippen molar-refractivity contribution < 1.29 is 4.79 Å². The predicted molar refractivity (Wildman–Crippen MR) is 86.6 cm³/mol. The number of nitrogens with zero attached hydrogens (tertiary/aromatic N) is 6. The predicted octanol–water partition coefficient (Wildman–Crippen LogP) is 1.49. The van der Waals surface area contributed by atoms with Crippen LogP contribution in [0.5, 0.6) is 0 Å². The average molecular weight is 378 g/mol. The van der Waals surface area contributed by atoms with Gasteiger partial charge in [-0.05, 0) is 35.0 Å². The second-order valence-electron chi connectivity index (χ2n) is 4.87. The van der Waals surface area contributed by atoms with Crippen LogP contribution in [0.1, 0.15) is 23.1 Å². The molecule has 8 nitrogen and oxygen atoms in total. The molecule has 1 N–H and O–H groups in total. The van der Waals surface area contributed by atoms with Crippen molar-refractivity contribution in [3.8, 4) is 0 Å². The number of carbonyl (C=O) groups excluding carboxylic acids is 1. The summed E-state index contributed by atoms with van der Waals surface area (Å²) < 4.78 is 6.10. The van der Waals surface area contributed by atoms with E-state index < -0.39 is 0 Å². The van der Waals surface area contributed by atoms with Gasteiger partial charge < -0.3 is 5.32 Å². The topological polar surface area (TPSA) is 82.6 Å². The molecule has 0 aliphatic carbocycles. The first-order valence-electron chi connectivity index (χ1n) is 7.16. The largest absolute Gasteiger partial charge is 0.345 e.